The van der Waals surface area contributed by atoms with Gasteiger partial charge in [0.15, 0.2) is 0 Å². The molecule has 0 saturated heterocycles. The molecule has 0 aromatic carbocycles. The first-order valence-electron chi connectivity index (χ1n) is 4.41. The van der Waals surface area contributed by atoms with Crippen LogP contribution in [0.3, 0.4) is 0 Å². The highest BCUT2D eigenvalue weighted by Crippen LogP contribution is 2.24. The van der Waals surface area contributed by atoms with Gasteiger partial charge in [0.25, 0.3) is 0 Å². The van der Waals surface area contributed by atoms with Crippen molar-refractivity contribution >= 4 is 0 Å². The minimum absolute atomic E-state index is 0.370. The Kier molecular flexibility index (Phi) is 2.13. The summed E-state index contributed by atoms with van der Waals surface area (Å²) in [4.78, 5) is 3.92. The van der Waals surface area contributed by atoms with E-state index in [1.54, 1.807) is 18.3 Å². The maximum absolute atomic E-state index is 8.51. The summed E-state index contributed by atoms with van der Waals surface area (Å²) in [5, 5.41) is 8.51. The predicted octanol–water partition coefficient (Wildman–Crippen LogP) is 1.88. The zero-order valence-corrected chi connectivity index (χ0v) is 7.23. The monoisotopic (exact) mass is 174 g/mol. The molecule has 0 amide bonds. The van der Waals surface area contributed by atoms with Crippen LogP contribution in [0.4, 0.5) is 0 Å². The molecule has 0 N–H and O–H groups in total. The number of hydrogen-bond donors (Lipinski definition) is 0. The fraction of sp³-hybridized carbons (Fsp3) is 0.400. The minimum atomic E-state index is 0.370. The van der Waals surface area contributed by atoms with Crippen LogP contribution in [-0.4, -0.2) is 11.1 Å². The number of pyridine rings is 1. The van der Waals surface area contributed by atoms with Crippen LogP contribution < -0.4 is 4.74 Å². The number of nitrogens with zero attached hydrogens (tertiary/aromatic N) is 2. The fourth-order valence-electron chi connectivity index (χ4n) is 1.20. The van der Waals surface area contributed by atoms with Crippen molar-refractivity contribution in [3.8, 4) is 11.8 Å². The van der Waals surface area contributed by atoms with Crippen molar-refractivity contribution in [3.05, 3.63) is 24.0 Å². The maximum Gasteiger partial charge on any atom is 0.140 e. The lowest BCUT2D eigenvalue weighted by Gasteiger charge is -2.26. The van der Waals surface area contributed by atoms with Gasteiger partial charge >= 0.3 is 0 Å². The Morgan fingerprint density at radius 1 is 1.46 bits per heavy atom. The molecule has 1 saturated carbocycles. The lowest BCUT2D eigenvalue weighted by atomic mass is 9.96. The Bertz CT molecular complexity index is 322. The van der Waals surface area contributed by atoms with Gasteiger partial charge in [0, 0.05) is 0 Å². The third-order valence-electron chi connectivity index (χ3n) is 2.21. The molecule has 0 bridgehead atoms. The second-order valence-corrected chi connectivity index (χ2v) is 3.16. The number of ether oxygens (including phenoxy) is 1. The lowest BCUT2D eigenvalue weighted by Crippen LogP contribution is -2.24. The summed E-state index contributed by atoms with van der Waals surface area (Å²) in [6, 6.07) is 5.44. The maximum atomic E-state index is 8.51. The van der Waals surface area contributed by atoms with Crippen LogP contribution >= 0.6 is 0 Å². The summed E-state index contributed by atoms with van der Waals surface area (Å²) in [6.07, 6.45) is 5.51. The van der Waals surface area contributed by atoms with E-state index < -0.39 is 0 Å². The second kappa shape index (κ2) is 3.44. The average Bonchev–Trinajstić information content (AvgIpc) is 2.12. The predicted molar refractivity (Wildman–Crippen MR) is 47.2 cm³/mol. The Labute approximate surface area is 77.0 Å². The van der Waals surface area contributed by atoms with E-state index in [4.69, 9.17) is 10.00 Å². The molecule has 3 nitrogen and oxygen atoms in total. The Balaban J connectivity index is 2.01. The van der Waals surface area contributed by atoms with Crippen molar-refractivity contribution in [1.29, 1.82) is 5.26 Å². The molecule has 66 valence electrons. The average molecular weight is 174 g/mol. The molecular formula is C10H10N2O. The molecule has 0 atom stereocenters. The van der Waals surface area contributed by atoms with Gasteiger partial charge in [0.05, 0.1) is 12.3 Å². The third kappa shape index (κ3) is 1.78. The molecule has 2 rings (SSSR count). The van der Waals surface area contributed by atoms with E-state index in [0.717, 1.165) is 18.6 Å². The normalized spacial score (nSPS) is 15.9. The van der Waals surface area contributed by atoms with Crippen molar-refractivity contribution in [1.82, 2.24) is 4.98 Å². The number of nitriles is 1. The standard InChI is InChI=1S/C10H10N2O/c11-6-8-4-5-10(7-12-8)13-9-2-1-3-9/h4-5,7,9H,1-3H2. The Morgan fingerprint density at radius 2 is 2.31 bits per heavy atom. The first kappa shape index (κ1) is 8.06. The van der Waals surface area contributed by atoms with Crippen molar-refractivity contribution in [2.45, 2.75) is 25.4 Å². The van der Waals surface area contributed by atoms with Crippen LogP contribution in [0.15, 0.2) is 18.3 Å². The molecule has 3 heteroatoms. The van der Waals surface area contributed by atoms with Gasteiger partial charge in [-0.1, -0.05) is 0 Å². The highest BCUT2D eigenvalue weighted by Gasteiger charge is 2.18. The van der Waals surface area contributed by atoms with E-state index in [0.29, 0.717) is 11.8 Å². The molecule has 0 unspecified atom stereocenters. The fourth-order valence-corrected chi connectivity index (χ4v) is 1.20. The highest BCUT2D eigenvalue weighted by molar-refractivity contribution is 5.26. The minimum Gasteiger partial charge on any atom is -0.489 e. The van der Waals surface area contributed by atoms with Crippen LogP contribution in [0.5, 0.6) is 5.75 Å². The van der Waals surface area contributed by atoms with Crippen LogP contribution in [0.1, 0.15) is 25.0 Å². The molecule has 1 aliphatic rings. The summed E-state index contributed by atoms with van der Waals surface area (Å²) < 4.78 is 5.58. The van der Waals surface area contributed by atoms with Crippen molar-refractivity contribution in [2.75, 3.05) is 0 Å². The first-order chi connectivity index (χ1) is 6.38. The number of hydrogen-bond acceptors (Lipinski definition) is 3. The summed E-state index contributed by atoms with van der Waals surface area (Å²) in [5.41, 5.74) is 0.431. The molecule has 13 heavy (non-hydrogen) atoms. The van der Waals surface area contributed by atoms with Gasteiger partial charge in [-0.2, -0.15) is 5.26 Å². The lowest BCUT2D eigenvalue weighted by molar-refractivity contribution is 0.120. The number of rotatable bonds is 2. The van der Waals surface area contributed by atoms with Crippen LogP contribution in [-0.2, 0) is 0 Å². The van der Waals surface area contributed by atoms with Gasteiger partial charge in [0.1, 0.15) is 17.5 Å². The van der Waals surface area contributed by atoms with Crippen molar-refractivity contribution in [3.63, 3.8) is 0 Å². The quantitative estimate of drug-likeness (QED) is 0.687. The van der Waals surface area contributed by atoms with Crippen molar-refractivity contribution in [2.24, 2.45) is 0 Å². The highest BCUT2D eigenvalue weighted by atomic mass is 16.5. The molecule has 1 heterocycles. The van der Waals surface area contributed by atoms with Gasteiger partial charge in [-0.3, -0.25) is 0 Å². The number of aromatic nitrogens is 1. The van der Waals surface area contributed by atoms with Gasteiger partial charge in [-0.25, -0.2) is 4.98 Å². The molecule has 0 spiro atoms. The SMILES string of the molecule is N#Cc1ccc(OC2CCC2)cn1. The smallest absolute Gasteiger partial charge is 0.140 e. The molecule has 0 radical (unpaired) electrons. The van der Waals surface area contributed by atoms with E-state index in [-0.39, 0.29) is 0 Å². The Hall–Kier alpha value is -1.56. The van der Waals surface area contributed by atoms with Crippen molar-refractivity contribution < 1.29 is 4.74 Å². The topological polar surface area (TPSA) is 45.9 Å². The molecule has 1 aliphatic carbocycles. The molecule has 1 fully saturated rings. The molecular weight excluding hydrogens is 164 g/mol. The third-order valence-corrected chi connectivity index (χ3v) is 2.21. The second-order valence-electron chi connectivity index (χ2n) is 3.16. The van der Waals surface area contributed by atoms with Crippen LogP contribution in [0.25, 0.3) is 0 Å². The molecule has 1 aromatic heterocycles. The van der Waals surface area contributed by atoms with Gasteiger partial charge in [-0.05, 0) is 31.4 Å². The summed E-state index contributed by atoms with van der Waals surface area (Å²) in [5.74, 6) is 0.767. The summed E-state index contributed by atoms with van der Waals surface area (Å²) in [6.45, 7) is 0. The van der Waals surface area contributed by atoms with Crippen LogP contribution in [0.2, 0.25) is 0 Å². The van der Waals surface area contributed by atoms with Crippen LogP contribution in [0, 0.1) is 11.3 Å². The van der Waals surface area contributed by atoms with Gasteiger partial charge in [-0.15, -0.1) is 0 Å². The summed E-state index contributed by atoms with van der Waals surface area (Å²) in [7, 11) is 0. The molecule has 1 aromatic rings. The van der Waals surface area contributed by atoms with Gasteiger partial charge in [0.2, 0.25) is 0 Å². The zero-order valence-electron chi connectivity index (χ0n) is 7.23. The van der Waals surface area contributed by atoms with E-state index >= 15 is 0 Å². The van der Waals surface area contributed by atoms with E-state index in [1.165, 1.54) is 6.42 Å². The summed E-state index contributed by atoms with van der Waals surface area (Å²) >= 11 is 0. The Morgan fingerprint density at radius 3 is 2.77 bits per heavy atom. The first-order valence-corrected chi connectivity index (χ1v) is 4.41. The van der Waals surface area contributed by atoms with E-state index in [2.05, 4.69) is 4.98 Å². The van der Waals surface area contributed by atoms with Gasteiger partial charge < -0.3 is 4.74 Å². The largest absolute Gasteiger partial charge is 0.489 e. The molecule has 0 aliphatic heterocycles. The zero-order chi connectivity index (χ0) is 9.10. The van der Waals surface area contributed by atoms with E-state index in [1.807, 2.05) is 6.07 Å². The van der Waals surface area contributed by atoms with E-state index in [9.17, 15) is 0 Å².